The van der Waals surface area contributed by atoms with Crippen molar-refractivity contribution < 1.29 is 18.0 Å². The SMILES string of the molecule is O=C(Nc1c(F)cccc1F)c1ccnc(NCc2ccc(F)cc2)n1. The van der Waals surface area contributed by atoms with E-state index >= 15 is 0 Å². The molecule has 1 amide bonds. The Morgan fingerprint density at radius 2 is 1.65 bits per heavy atom. The summed E-state index contributed by atoms with van der Waals surface area (Å²) in [5.41, 5.74) is 0.180. The molecule has 3 aromatic rings. The minimum absolute atomic E-state index is 0.0655. The van der Waals surface area contributed by atoms with Gasteiger partial charge in [-0.2, -0.15) is 0 Å². The predicted molar refractivity (Wildman–Crippen MR) is 90.1 cm³/mol. The summed E-state index contributed by atoms with van der Waals surface area (Å²) >= 11 is 0. The molecule has 0 atom stereocenters. The fraction of sp³-hybridized carbons (Fsp3) is 0.0556. The smallest absolute Gasteiger partial charge is 0.274 e. The van der Waals surface area contributed by atoms with Crippen LogP contribution < -0.4 is 10.6 Å². The Kier molecular flexibility index (Phi) is 5.12. The summed E-state index contributed by atoms with van der Waals surface area (Å²) < 4.78 is 40.1. The van der Waals surface area contributed by atoms with Gasteiger partial charge < -0.3 is 10.6 Å². The number of nitrogens with zero attached hydrogens (tertiary/aromatic N) is 2. The maximum atomic E-state index is 13.6. The molecule has 132 valence electrons. The zero-order chi connectivity index (χ0) is 18.5. The van der Waals surface area contributed by atoms with Crippen LogP contribution in [0.1, 0.15) is 16.1 Å². The predicted octanol–water partition coefficient (Wildman–Crippen LogP) is 3.76. The van der Waals surface area contributed by atoms with Crippen LogP contribution in [0.5, 0.6) is 0 Å². The summed E-state index contributed by atoms with van der Waals surface area (Å²) in [6.07, 6.45) is 1.34. The minimum atomic E-state index is -0.887. The molecule has 0 aliphatic rings. The molecule has 0 fully saturated rings. The molecule has 3 rings (SSSR count). The van der Waals surface area contributed by atoms with E-state index in [-0.39, 0.29) is 17.5 Å². The normalized spacial score (nSPS) is 10.4. The van der Waals surface area contributed by atoms with E-state index in [1.807, 2.05) is 0 Å². The highest BCUT2D eigenvalue weighted by atomic mass is 19.1. The van der Waals surface area contributed by atoms with Crippen molar-refractivity contribution in [2.24, 2.45) is 0 Å². The van der Waals surface area contributed by atoms with Gasteiger partial charge in [-0.15, -0.1) is 0 Å². The Labute approximate surface area is 146 Å². The fourth-order valence-corrected chi connectivity index (χ4v) is 2.15. The molecule has 2 aromatic carbocycles. The third-order valence-electron chi connectivity index (χ3n) is 3.45. The third-order valence-corrected chi connectivity index (χ3v) is 3.45. The number of hydrogen-bond acceptors (Lipinski definition) is 4. The second-order valence-electron chi connectivity index (χ2n) is 5.30. The van der Waals surface area contributed by atoms with Gasteiger partial charge in [0.15, 0.2) is 0 Å². The zero-order valence-electron chi connectivity index (χ0n) is 13.3. The molecule has 0 saturated heterocycles. The quantitative estimate of drug-likeness (QED) is 0.729. The highest BCUT2D eigenvalue weighted by Crippen LogP contribution is 2.18. The van der Waals surface area contributed by atoms with E-state index in [9.17, 15) is 18.0 Å². The van der Waals surface area contributed by atoms with Gasteiger partial charge in [0.2, 0.25) is 5.95 Å². The summed E-state index contributed by atoms with van der Waals surface area (Å²) in [5.74, 6) is -2.75. The molecule has 0 aliphatic carbocycles. The van der Waals surface area contributed by atoms with Crippen molar-refractivity contribution >= 4 is 17.5 Å². The van der Waals surface area contributed by atoms with Gasteiger partial charge in [0, 0.05) is 12.7 Å². The van der Waals surface area contributed by atoms with Crippen molar-refractivity contribution in [3.05, 3.63) is 83.4 Å². The number of carbonyl (C=O) groups excluding carboxylic acids is 1. The van der Waals surface area contributed by atoms with Crippen LogP contribution in [0.25, 0.3) is 0 Å². The summed E-state index contributed by atoms with van der Waals surface area (Å²) in [6, 6.07) is 10.4. The van der Waals surface area contributed by atoms with Gasteiger partial charge in [0.1, 0.15) is 28.8 Å². The highest BCUT2D eigenvalue weighted by molar-refractivity contribution is 6.03. The van der Waals surface area contributed by atoms with Crippen LogP contribution in [0.3, 0.4) is 0 Å². The monoisotopic (exact) mass is 358 g/mol. The standard InChI is InChI=1S/C18H13F3N4O/c19-12-6-4-11(5-7-12)10-23-18-22-9-8-15(24-18)17(26)25-16-13(20)2-1-3-14(16)21/h1-9H,10H2,(H,25,26)(H,22,23,24). The molecular formula is C18H13F3N4O. The summed E-state index contributed by atoms with van der Waals surface area (Å²) in [7, 11) is 0. The minimum Gasteiger partial charge on any atom is -0.350 e. The topological polar surface area (TPSA) is 66.9 Å². The van der Waals surface area contributed by atoms with Gasteiger partial charge in [0.25, 0.3) is 5.91 Å². The Morgan fingerprint density at radius 1 is 0.962 bits per heavy atom. The third kappa shape index (κ3) is 4.15. The first-order valence-electron chi connectivity index (χ1n) is 7.59. The van der Waals surface area contributed by atoms with Gasteiger partial charge in [-0.05, 0) is 35.9 Å². The molecule has 0 radical (unpaired) electrons. The first-order valence-corrected chi connectivity index (χ1v) is 7.59. The zero-order valence-corrected chi connectivity index (χ0v) is 13.3. The number of para-hydroxylation sites is 1. The van der Waals surface area contributed by atoms with Crippen LogP contribution in [0.4, 0.5) is 24.8 Å². The van der Waals surface area contributed by atoms with Gasteiger partial charge in [-0.1, -0.05) is 18.2 Å². The second-order valence-corrected chi connectivity index (χ2v) is 5.30. The van der Waals surface area contributed by atoms with E-state index in [0.29, 0.717) is 6.54 Å². The van der Waals surface area contributed by atoms with E-state index in [0.717, 1.165) is 17.7 Å². The maximum absolute atomic E-state index is 13.6. The fourth-order valence-electron chi connectivity index (χ4n) is 2.15. The number of carbonyl (C=O) groups is 1. The molecule has 8 heteroatoms. The van der Waals surface area contributed by atoms with Gasteiger partial charge in [-0.25, -0.2) is 23.1 Å². The number of aromatic nitrogens is 2. The lowest BCUT2D eigenvalue weighted by molar-refractivity contribution is 0.102. The van der Waals surface area contributed by atoms with Crippen LogP contribution in [0, 0.1) is 17.5 Å². The first-order chi connectivity index (χ1) is 12.5. The van der Waals surface area contributed by atoms with Crippen LogP contribution in [0.15, 0.2) is 54.7 Å². The molecule has 0 unspecified atom stereocenters. The number of amides is 1. The number of hydrogen-bond donors (Lipinski definition) is 2. The largest absolute Gasteiger partial charge is 0.350 e. The van der Waals surface area contributed by atoms with Crippen molar-refractivity contribution in [1.29, 1.82) is 0 Å². The summed E-state index contributed by atoms with van der Waals surface area (Å²) in [6.45, 7) is 0.313. The lowest BCUT2D eigenvalue weighted by Gasteiger charge is -2.09. The lowest BCUT2D eigenvalue weighted by atomic mass is 10.2. The van der Waals surface area contributed by atoms with E-state index in [4.69, 9.17) is 0 Å². The summed E-state index contributed by atoms with van der Waals surface area (Å²) in [5, 5.41) is 5.04. The number of halogens is 3. The maximum Gasteiger partial charge on any atom is 0.274 e. The van der Waals surface area contributed by atoms with Crippen molar-refractivity contribution in [2.75, 3.05) is 10.6 Å². The van der Waals surface area contributed by atoms with Crippen molar-refractivity contribution in [2.45, 2.75) is 6.54 Å². The molecule has 26 heavy (non-hydrogen) atoms. The first kappa shape index (κ1) is 17.4. The summed E-state index contributed by atoms with van der Waals surface area (Å²) in [4.78, 5) is 20.2. The number of anilines is 2. The highest BCUT2D eigenvalue weighted by Gasteiger charge is 2.15. The van der Waals surface area contributed by atoms with Crippen LogP contribution in [-0.2, 0) is 6.54 Å². The molecule has 5 nitrogen and oxygen atoms in total. The molecular weight excluding hydrogens is 345 g/mol. The molecule has 0 saturated carbocycles. The average molecular weight is 358 g/mol. The van der Waals surface area contributed by atoms with E-state index in [1.54, 1.807) is 12.1 Å². The number of nitrogens with one attached hydrogen (secondary N) is 2. The Morgan fingerprint density at radius 3 is 2.35 bits per heavy atom. The molecule has 2 N–H and O–H groups in total. The Bertz CT molecular complexity index is 912. The van der Waals surface area contributed by atoms with Gasteiger partial charge >= 0.3 is 0 Å². The molecule has 0 bridgehead atoms. The van der Waals surface area contributed by atoms with Crippen molar-refractivity contribution in [3.63, 3.8) is 0 Å². The van der Waals surface area contributed by atoms with Crippen molar-refractivity contribution in [3.8, 4) is 0 Å². The molecule has 1 aromatic heterocycles. The van der Waals surface area contributed by atoms with Crippen molar-refractivity contribution in [1.82, 2.24) is 9.97 Å². The Balaban J connectivity index is 1.70. The van der Waals surface area contributed by atoms with Crippen LogP contribution >= 0.6 is 0 Å². The second kappa shape index (κ2) is 7.64. The van der Waals surface area contributed by atoms with Crippen LogP contribution in [0.2, 0.25) is 0 Å². The van der Waals surface area contributed by atoms with Gasteiger partial charge in [0.05, 0.1) is 0 Å². The van der Waals surface area contributed by atoms with E-state index < -0.39 is 23.2 Å². The number of rotatable bonds is 5. The Hall–Kier alpha value is -3.42. The van der Waals surface area contributed by atoms with E-state index in [2.05, 4.69) is 20.6 Å². The molecule has 1 heterocycles. The lowest BCUT2D eigenvalue weighted by Crippen LogP contribution is -2.17. The average Bonchev–Trinajstić information content (AvgIpc) is 2.64. The van der Waals surface area contributed by atoms with Gasteiger partial charge in [-0.3, -0.25) is 4.79 Å². The van der Waals surface area contributed by atoms with E-state index in [1.165, 1.54) is 30.5 Å². The molecule has 0 spiro atoms. The van der Waals surface area contributed by atoms with Crippen LogP contribution in [-0.4, -0.2) is 15.9 Å². The molecule has 0 aliphatic heterocycles. The number of benzene rings is 2.